The highest BCUT2D eigenvalue weighted by atomic mass is 16.2. The largest absolute Gasteiger partial charge is 0.370 e. The van der Waals surface area contributed by atoms with E-state index in [4.69, 9.17) is 5.73 Å². The number of carbonyl (C=O) groups is 2. The van der Waals surface area contributed by atoms with Crippen molar-refractivity contribution in [3.8, 4) is 0 Å². The molecule has 0 aliphatic carbocycles. The van der Waals surface area contributed by atoms with Crippen LogP contribution in [0.5, 0.6) is 0 Å². The second kappa shape index (κ2) is 7.54. The van der Waals surface area contributed by atoms with E-state index < -0.39 is 5.91 Å². The Labute approximate surface area is 78.1 Å². The van der Waals surface area contributed by atoms with Crippen LogP contribution < -0.4 is 16.4 Å². The summed E-state index contributed by atoms with van der Waals surface area (Å²) in [4.78, 5) is 21.3. The van der Waals surface area contributed by atoms with E-state index in [0.29, 0.717) is 19.5 Å². The fourth-order valence-corrected chi connectivity index (χ4v) is 0.792. The molecule has 2 amide bonds. The summed E-state index contributed by atoms with van der Waals surface area (Å²) in [5.41, 5.74) is 4.90. The normalized spacial score (nSPS) is 9.62. The molecule has 0 aromatic heterocycles. The quantitative estimate of drug-likeness (QED) is 0.446. The first-order chi connectivity index (χ1) is 6.16. The molecule has 0 bridgehead atoms. The van der Waals surface area contributed by atoms with Crippen molar-refractivity contribution in [2.75, 3.05) is 19.6 Å². The Kier molecular flexibility index (Phi) is 6.91. The van der Waals surface area contributed by atoms with Gasteiger partial charge in [0.2, 0.25) is 11.8 Å². The van der Waals surface area contributed by atoms with Gasteiger partial charge in [-0.2, -0.15) is 0 Å². The summed E-state index contributed by atoms with van der Waals surface area (Å²) in [6.45, 7) is 3.83. The van der Waals surface area contributed by atoms with Gasteiger partial charge in [-0.1, -0.05) is 6.92 Å². The molecule has 13 heavy (non-hydrogen) atoms. The van der Waals surface area contributed by atoms with Gasteiger partial charge in [0.25, 0.3) is 0 Å². The van der Waals surface area contributed by atoms with Crippen LogP contribution in [0.3, 0.4) is 0 Å². The van der Waals surface area contributed by atoms with Gasteiger partial charge >= 0.3 is 0 Å². The lowest BCUT2D eigenvalue weighted by Crippen LogP contribution is -2.30. The first kappa shape index (κ1) is 11.9. The minimum Gasteiger partial charge on any atom is -0.370 e. The molecule has 0 aromatic carbocycles. The van der Waals surface area contributed by atoms with Crippen LogP contribution in [-0.4, -0.2) is 31.4 Å². The Morgan fingerprint density at radius 1 is 1.23 bits per heavy atom. The number of primary amides is 1. The monoisotopic (exact) mass is 187 g/mol. The molecule has 0 aliphatic heterocycles. The topological polar surface area (TPSA) is 84.2 Å². The maximum Gasteiger partial charge on any atom is 0.221 e. The summed E-state index contributed by atoms with van der Waals surface area (Å²) in [6, 6.07) is 0. The fourth-order valence-electron chi connectivity index (χ4n) is 0.792. The number of rotatable bonds is 7. The number of nitrogens with two attached hydrogens (primary N) is 1. The highest BCUT2D eigenvalue weighted by molar-refractivity contribution is 5.78. The van der Waals surface area contributed by atoms with E-state index >= 15 is 0 Å². The van der Waals surface area contributed by atoms with Crippen molar-refractivity contribution in [2.24, 2.45) is 5.73 Å². The van der Waals surface area contributed by atoms with Gasteiger partial charge in [0.15, 0.2) is 0 Å². The fraction of sp³-hybridized carbons (Fsp3) is 0.750. The number of nitrogens with one attached hydrogen (secondary N) is 2. The Bertz CT molecular complexity index is 171. The molecule has 0 saturated heterocycles. The van der Waals surface area contributed by atoms with E-state index in [1.54, 1.807) is 0 Å². The molecule has 0 rings (SSSR count). The van der Waals surface area contributed by atoms with Crippen molar-refractivity contribution in [2.45, 2.75) is 19.8 Å². The third-order valence-electron chi connectivity index (χ3n) is 1.47. The van der Waals surface area contributed by atoms with Gasteiger partial charge in [-0.05, 0) is 6.54 Å². The average Bonchev–Trinajstić information content (AvgIpc) is 2.04. The molecule has 76 valence electrons. The zero-order valence-electron chi connectivity index (χ0n) is 7.93. The molecule has 4 N–H and O–H groups in total. The van der Waals surface area contributed by atoms with Crippen molar-refractivity contribution in [3.63, 3.8) is 0 Å². The smallest absolute Gasteiger partial charge is 0.221 e. The Morgan fingerprint density at radius 3 is 2.46 bits per heavy atom. The van der Waals surface area contributed by atoms with Crippen LogP contribution in [0, 0.1) is 0 Å². The summed E-state index contributed by atoms with van der Waals surface area (Å²) in [7, 11) is 0. The van der Waals surface area contributed by atoms with Crippen LogP contribution in [0.4, 0.5) is 0 Å². The van der Waals surface area contributed by atoms with Crippen molar-refractivity contribution < 1.29 is 9.59 Å². The van der Waals surface area contributed by atoms with Crippen LogP contribution in [0.2, 0.25) is 0 Å². The summed E-state index contributed by atoms with van der Waals surface area (Å²) in [5, 5.41) is 5.62. The van der Waals surface area contributed by atoms with Crippen LogP contribution in [0.1, 0.15) is 19.8 Å². The van der Waals surface area contributed by atoms with Gasteiger partial charge in [-0.3, -0.25) is 9.59 Å². The number of amides is 2. The minimum absolute atomic E-state index is 0.0535. The zero-order valence-corrected chi connectivity index (χ0v) is 7.93. The molecule has 0 aliphatic rings. The van der Waals surface area contributed by atoms with E-state index in [-0.39, 0.29) is 12.3 Å². The third kappa shape index (κ3) is 8.81. The highest BCUT2D eigenvalue weighted by Gasteiger charge is 2.00. The van der Waals surface area contributed by atoms with Gasteiger partial charge in [0.1, 0.15) is 0 Å². The summed E-state index contributed by atoms with van der Waals surface area (Å²) >= 11 is 0. The van der Waals surface area contributed by atoms with E-state index in [1.165, 1.54) is 0 Å². The van der Waals surface area contributed by atoms with Gasteiger partial charge < -0.3 is 16.4 Å². The molecule has 0 unspecified atom stereocenters. The van der Waals surface area contributed by atoms with Crippen LogP contribution in [0.25, 0.3) is 0 Å². The van der Waals surface area contributed by atoms with Gasteiger partial charge in [0, 0.05) is 25.9 Å². The maximum absolute atomic E-state index is 11.0. The molecule has 0 heterocycles. The van der Waals surface area contributed by atoms with E-state index in [2.05, 4.69) is 10.6 Å². The van der Waals surface area contributed by atoms with Crippen LogP contribution >= 0.6 is 0 Å². The molecule has 5 heteroatoms. The van der Waals surface area contributed by atoms with Crippen LogP contribution in [0.15, 0.2) is 0 Å². The molecular formula is C8H17N3O2. The Balaban J connectivity index is 3.25. The summed E-state index contributed by atoms with van der Waals surface area (Å²) < 4.78 is 0. The van der Waals surface area contributed by atoms with E-state index in [9.17, 15) is 9.59 Å². The van der Waals surface area contributed by atoms with Gasteiger partial charge in [-0.15, -0.1) is 0 Å². The van der Waals surface area contributed by atoms with Gasteiger partial charge in [-0.25, -0.2) is 0 Å². The molecule has 0 fully saturated rings. The van der Waals surface area contributed by atoms with Crippen molar-refractivity contribution >= 4 is 11.8 Å². The lowest BCUT2D eigenvalue weighted by Gasteiger charge is -2.03. The molecule has 0 radical (unpaired) electrons. The first-order valence-electron chi connectivity index (χ1n) is 4.42. The SMILES string of the molecule is CCNCCC(=O)NCCC(N)=O. The second-order valence-electron chi connectivity index (χ2n) is 2.67. The standard InChI is InChI=1S/C8H17N3O2/c1-2-10-5-4-8(13)11-6-3-7(9)12/h10H,2-6H2,1H3,(H2,9,12)(H,11,13). The Morgan fingerprint density at radius 2 is 1.92 bits per heavy atom. The first-order valence-corrected chi connectivity index (χ1v) is 4.42. The molecule has 0 atom stereocenters. The number of hydrogen-bond acceptors (Lipinski definition) is 3. The lowest BCUT2D eigenvalue weighted by atomic mass is 10.3. The maximum atomic E-state index is 11.0. The number of hydrogen-bond donors (Lipinski definition) is 3. The average molecular weight is 187 g/mol. The zero-order chi connectivity index (χ0) is 10.1. The van der Waals surface area contributed by atoms with Gasteiger partial charge in [0.05, 0.1) is 0 Å². The minimum atomic E-state index is -0.396. The van der Waals surface area contributed by atoms with Crippen molar-refractivity contribution in [3.05, 3.63) is 0 Å². The molecular weight excluding hydrogens is 170 g/mol. The molecule has 0 saturated carbocycles. The summed E-state index contributed by atoms with van der Waals surface area (Å²) in [6.07, 6.45) is 0.638. The number of carbonyl (C=O) groups excluding carboxylic acids is 2. The van der Waals surface area contributed by atoms with Crippen molar-refractivity contribution in [1.29, 1.82) is 0 Å². The van der Waals surface area contributed by atoms with Crippen molar-refractivity contribution in [1.82, 2.24) is 10.6 Å². The lowest BCUT2D eigenvalue weighted by molar-refractivity contribution is -0.121. The molecule has 0 spiro atoms. The third-order valence-corrected chi connectivity index (χ3v) is 1.47. The van der Waals surface area contributed by atoms with E-state index in [0.717, 1.165) is 6.54 Å². The molecule has 5 nitrogen and oxygen atoms in total. The summed E-state index contributed by atoms with van der Waals surface area (Å²) in [5.74, 6) is -0.450. The van der Waals surface area contributed by atoms with E-state index in [1.807, 2.05) is 6.92 Å². The van der Waals surface area contributed by atoms with Crippen LogP contribution in [-0.2, 0) is 9.59 Å². The molecule has 0 aromatic rings. The highest BCUT2D eigenvalue weighted by Crippen LogP contribution is 1.79. The predicted octanol–water partition coefficient (Wildman–Crippen LogP) is -1.02. The Hall–Kier alpha value is -1.10. The second-order valence-corrected chi connectivity index (χ2v) is 2.67. The predicted molar refractivity (Wildman–Crippen MR) is 50.0 cm³/mol.